The average Bonchev–Trinajstić information content (AvgIpc) is 3.93. The van der Waals surface area contributed by atoms with Crippen LogP contribution in [0, 0.1) is 0 Å². The van der Waals surface area contributed by atoms with Gasteiger partial charge in [0.2, 0.25) is 9.84 Å². The Balaban J connectivity index is 0.849. The van der Waals surface area contributed by atoms with Gasteiger partial charge in [0.1, 0.15) is 0 Å². The van der Waals surface area contributed by atoms with Crippen molar-refractivity contribution in [1.82, 2.24) is 40.0 Å². The van der Waals surface area contributed by atoms with E-state index >= 15 is 0 Å². The Hall–Kier alpha value is -4.41. The zero-order chi connectivity index (χ0) is 33.2. The Morgan fingerprint density at radius 1 is 0.571 bits per heavy atom. The van der Waals surface area contributed by atoms with Gasteiger partial charge in [0.25, 0.3) is 0 Å². The molecule has 0 bridgehead atoms. The highest BCUT2D eigenvalue weighted by Crippen LogP contribution is 2.32. The van der Waals surface area contributed by atoms with E-state index in [1.165, 1.54) is 9.40 Å². The summed E-state index contributed by atoms with van der Waals surface area (Å²) in [5.41, 5.74) is 5.58. The van der Waals surface area contributed by atoms with Crippen LogP contribution in [0.25, 0.3) is 20.4 Å². The lowest BCUT2D eigenvalue weighted by Gasteiger charge is -2.08. The molecule has 0 saturated carbocycles. The number of thioether (sulfide) groups is 2. The van der Waals surface area contributed by atoms with Crippen LogP contribution in [-0.2, 0) is 34.4 Å². The Kier molecular flexibility index (Phi) is 8.99. The number of sulfone groups is 1. The predicted molar refractivity (Wildman–Crippen MR) is 195 cm³/mol. The Labute approximate surface area is 298 Å². The van der Waals surface area contributed by atoms with Crippen molar-refractivity contribution in [3.63, 3.8) is 0 Å². The molecule has 8 aromatic rings. The number of para-hydroxylation sites is 2. The molecule has 0 aliphatic rings. The number of benzene rings is 4. The summed E-state index contributed by atoms with van der Waals surface area (Å²) >= 11 is 6.62. The van der Waals surface area contributed by atoms with Crippen LogP contribution in [0.1, 0.15) is 22.5 Å². The minimum absolute atomic E-state index is 0.238. The lowest BCUT2D eigenvalue weighted by atomic mass is 10.2. The van der Waals surface area contributed by atoms with Crippen molar-refractivity contribution < 1.29 is 8.42 Å². The maximum atomic E-state index is 13.4. The van der Waals surface area contributed by atoms with Crippen LogP contribution in [0.2, 0.25) is 0 Å². The second-order valence-corrected chi connectivity index (χ2v) is 17.5. The molecule has 0 saturated heterocycles. The number of nitrogens with zero attached hydrogens (tertiary/aromatic N) is 8. The van der Waals surface area contributed by atoms with Gasteiger partial charge in [0, 0.05) is 23.9 Å². The number of fused-ring (bicyclic) bond motifs is 2. The van der Waals surface area contributed by atoms with Gasteiger partial charge in [-0.2, -0.15) is 0 Å². The first kappa shape index (κ1) is 31.8. The third kappa shape index (κ3) is 7.31. The molecule has 0 spiro atoms. The number of aromatic nitrogens is 8. The van der Waals surface area contributed by atoms with Crippen LogP contribution in [0.4, 0.5) is 0 Å². The van der Waals surface area contributed by atoms with Crippen LogP contribution >= 0.6 is 46.2 Å². The van der Waals surface area contributed by atoms with Crippen LogP contribution in [0.15, 0.2) is 128 Å². The molecule has 0 N–H and O–H groups in total. The fraction of sp³-hybridized carbons (Fsp3) is 0.118. The van der Waals surface area contributed by atoms with E-state index in [2.05, 4.69) is 42.7 Å². The highest BCUT2D eigenvalue weighted by molar-refractivity contribution is 8.00. The normalized spacial score (nSPS) is 11.9. The molecule has 244 valence electrons. The Bertz CT molecular complexity index is 2250. The van der Waals surface area contributed by atoms with E-state index in [9.17, 15) is 8.42 Å². The summed E-state index contributed by atoms with van der Waals surface area (Å²) in [5.74, 6) is 1.33. The summed E-state index contributed by atoms with van der Waals surface area (Å²) in [6.07, 6.45) is 3.82. The van der Waals surface area contributed by atoms with Crippen molar-refractivity contribution in [3.05, 3.63) is 132 Å². The highest BCUT2D eigenvalue weighted by Gasteiger charge is 2.18. The first-order chi connectivity index (χ1) is 23.9. The first-order valence-corrected chi connectivity index (χ1v) is 20.2. The van der Waals surface area contributed by atoms with E-state index in [-0.39, 0.29) is 9.79 Å². The maximum Gasteiger partial charge on any atom is 0.206 e. The summed E-state index contributed by atoms with van der Waals surface area (Å²) in [5, 5.41) is 17.1. The van der Waals surface area contributed by atoms with Crippen molar-refractivity contribution >= 4 is 76.5 Å². The molecule has 0 radical (unpaired) electrons. The van der Waals surface area contributed by atoms with Crippen LogP contribution < -0.4 is 0 Å². The Morgan fingerprint density at radius 3 is 1.43 bits per heavy atom. The average molecular weight is 739 g/mol. The molecule has 0 aliphatic carbocycles. The van der Waals surface area contributed by atoms with Gasteiger partial charge in [0.05, 0.1) is 54.7 Å². The fourth-order valence-electron chi connectivity index (χ4n) is 5.12. The van der Waals surface area contributed by atoms with Crippen molar-refractivity contribution in [2.24, 2.45) is 0 Å². The zero-order valence-corrected chi connectivity index (χ0v) is 29.7. The molecule has 0 unspecified atom stereocenters. The molecular weight excluding hydrogens is 713 g/mol. The van der Waals surface area contributed by atoms with Gasteiger partial charge in [-0.05, 0) is 59.7 Å². The molecule has 4 heterocycles. The summed E-state index contributed by atoms with van der Waals surface area (Å²) in [6, 6.07) is 30.0. The van der Waals surface area contributed by atoms with Gasteiger partial charge < -0.3 is 0 Å². The number of hydrogen-bond acceptors (Lipinski definition) is 12. The van der Waals surface area contributed by atoms with Crippen LogP contribution in [0.3, 0.4) is 0 Å². The predicted octanol–water partition coefficient (Wildman–Crippen LogP) is 7.60. The summed E-state index contributed by atoms with van der Waals surface area (Å²) in [4.78, 5) is 9.80. The van der Waals surface area contributed by atoms with Gasteiger partial charge >= 0.3 is 0 Å². The topological polar surface area (TPSA) is 121 Å². The smallest absolute Gasteiger partial charge is 0.206 e. The third-order valence-electron chi connectivity index (χ3n) is 7.56. The van der Waals surface area contributed by atoms with Gasteiger partial charge in [-0.1, -0.05) is 82.5 Å². The Morgan fingerprint density at radius 2 is 1.00 bits per heavy atom. The lowest BCUT2D eigenvalue weighted by Crippen LogP contribution is -2.05. The molecule has 0 aliphatic heterocycles. The number of rotatable bonds is 12. The van der Waals surface area contributed by atoms with Gasteiger partial charge in [-0.25, -0.2) is 27.7 Å². The number of thiazole rings is 2. The molecular formula is C34H26N8O2S5. The minimum Gasteiger partial charge on any atom is -0.248 e. The van der Waals surface area contributed by atoms with Crippen molar-refractivity contribution in [2.45, 2.75) is 43.1 Å². The van der Waals surface area contributed by atoms with Crippen LogP contribution in [0.5, 0.6) is 0 Å². The summed E-state index contributed by atoms with van der Waals surface area (Å²) in [7, 11) is -3.68. The van der Waals surface area contributed by atoms with Crippen molar-refractivity contribution in [1.29, 1.82) is 0 Å². The maximum absolute atomic E-state index is 13.4. The molecule has 0 amide bonds. The zero-order valence-electron chi connectivity index (χ0n) is 25.7. The van der Waals surface area contributed by atoms with E-state index in [4.69, 9.17) is 0 Å². The SMILES string of the molecule is O=S(=O)(c1ccc(Cn2cc(CSc3nc4ccccc4s3)nn2)cc1)c1ccc(Cn2cc(CSc3nc4ccccc4s3)nn2)cc1. The van der Waals surface area contributed by atoms with Crippen LogP contribution in [-0.4, -0.2) is 48.4 Å². The standard InChI is InChI=1S/C34H26N8O2S5/c43-49(44,27-13-9-23(10-14-27)17-41-19-25(37-39-41)21-45-33-35-29-5-1-3-7-31(29)47-33)28-15-11-24(12-16-28)18-42-20-26(38-40-42)22-46-34-36-30-6-2-4-8-32(30)48-34/h1-16,19-20H,17-18,21-22H2. The second-order valence-electron chi connectivity index (χ2n) is 11.1. The number of hydrogen-bond donors (Lipinski definition) is 0. The van der Waals surface area contributed by atoms with E-state index in [0.717, 1.165) is 42.2 Å². The largest absolute Gasteiger partial charge is 0.248 e. The fourth-order valence-corrected chi connectivity index (χ4v) is 10.3. The molecule has 0 atom stereocenters. The van der Waals surface area contributed by atoms with Crippen molar-refractivity contribution in [2.75, 3.05) is 0 Å². The molecule has 8 rings (SSSR count). The lowest BCUT2D eigenvalue weighted by molar-refractivity contribution is 0.595. The first-order valence-electron chi connectivity index (χ1n) is 15.1. The third-order valence-corrected chi connectivity index (χ3v) is 13.8. The monoisotopic (exact) mass is 738 g/mol. The summed E-state index contributed by atoms with van der Waals surface area (Å²) in [6.45, 7) is 0.969. The van der Waals surface area contributed by atoms with E-state index < -0.39 is 9.84 Å². The van der Waals surface area contributed by atoms with Gasteiger partial charge in [-0.15, -0.1) is 32.9 Å². The summed E-state index contributed by atoms with van der Waals surface area (Å²) < 4.78 is 34.7. The van der Waals surface area contributed by atoms with E-state index in [0.29, 0.717) is 24.6 Å². The van der Waals surface area contributed by atoms with E-state index in [1.54, 1.807) is 79.8 Å². The molecule has 49 heavy (non-hydrogen) atoms. The molecule has 15 heteroatoms. The second kappa shape index (κ2) is 13.8. The molecule has 0 fully saturated rings. The molecule has 4 aromatic carbocycles. The molecule has 10 nitrogen and oxygen atoms in total. The van der Waals surface area contributed by atoms with Gasteiger partial charge in [0.15, 0.2) is 8.68 Å². The highest BCUT2D eigenvalue weighted by atomic mass is 32.2. The van der Waals surface area contributed by atoms with Gasteiger partial charge in [-0.3, -0.25) is 0 Å². The van der Waals surface area contributed by atoms with E-state index in [1.807, 2.05) is 73.1 Å². The quantitative estimate of drug-likeness (QED) is 0.116. The molecule has 4 aromatic heterocycles. The minimum atomic E-state index is -3.68. The van der Waals surface area contributed by atoms with Crippen molar-refractivity contribution in [3.8, 4) is 0 Å².